The Hall–Kier alpha value is -3.80. The maximum absolute atomic E-state index is 12.2. The van der Waals surface area contributed by atoms with Crippen molar-refractivity contribution in [1.82, 2.24) is 0 Å². The summed E-state index contributed by atoms with van der Waals surface area (Å²) in [6.07, 6.45) is 0. The Morgan fingerprint density at radius 1 is 0.857 bits per heavy atom. The van der Waals surface area contributed by atoms with E-state index >= 15 is 0 Å². The van der Waals surface area contributed by atoms with E-state index < -0.39 is 0 Å². The van der Waals surface area contributed by atoms with E-state index in [4.69, 9.17) is 9.15 Å². The molecule has 0 aliphatic heterocycles. The molecule has 0 atom stereocenters. The lowest BCUT2D eigenvalue weighted by Gasteiger charge is -2.08. The number of furan rings is 1. The van der Waals surface area contributed by atoms with E-state index in [1.54, 1.807) is 30.3 Å². The van der Waals surface area contributed by atoms with Gasteiger partial charge in [-0.15, -0.1) is 0 Å². The lowest BCUT2D eigenvalue weighted by Crippen LogP contribution is -2.20. The molecule has 0 spiro atoms. The van der Waals surface area contributed by atoms with Crippen molar-refractivity contribution in [2.45, 2.75) is 6.92 Å². The summed E-state index contributed by atoms with van der Waals surface area (Å²) in [6, 6.07) is 20.1. The standard InChI is InChI=1S/C22H18N2O4/c1-14(25)23-15-6-9-17(10-7-15)27-13-22(26)24-16-8-11-21-19(12-16)18-4-2-3-5-20(18)28-21/h2-12H,13H2,1H3,(H,23,25)(H,24,26). The average molecular weight is 374 g/mol. The summed E-state index contributed by atoms with van der Waals surface area (Å²) in [5.41, 5.74) is 2.93. The van der Waals surface area contributed by atoms with Crippen molar-refractivity contribution >= 4 is 45.1 Å². The summed E-state index contributed by atoms with van der Waals surface area (Å²) in [4.78, 5) is 23.2. The number of carbonyl (C=O) groups excluding carboxylic acids is 2. The van der Waals surface area contributed by atoms with Crippen LogP contribution in [0.15, 0.2) is 71.1 Å². The fourth-order valence-electron chi connectivity index (χ4n) is 2.99. The third-order valence-corrected chi connectivity index (χ3v) is 4.21. The number of anilines is 2. The zero-order chi connectivity index (χ0) is 19.5. The minimum absolute atomic E-state index is 0.121. The normalized spacial score (nSPS) is 10.8. The van der Waals surface area contributed by atoms with Crippen molar-refractivity contribution in [3.05, 3.63) is 66.7 Å². The van der Waals surface area contributed by atoms with Gasteiger partial charge in [0.2, 0.25) is 5.91 Å². The highest BCUT2D eigenvalue weighted by molar-refractivity contribution is 6.07. The van der Waals surface area contributed by atoms with E-state index in [0.717, 1.165) is 21.9 Å². The van der Waals surface area contributed by atoms with Gasteiger partial charge in [-0.25, -0.2) is 0 Å². The monoisotopic (exact) mass is 374 g/mol. The number of nitrogens with one attached hydrogen (secondary N) is 2. The number of benzene rings is 3. The van der Waals surface area contributed by atoms with Crippen LogP contribution >= 0.6 is 0 Å². The number of para-hydroxylation sites is 1. The predicted octanol–water partition coefficient (Wildman–Crippen LogP) is 4.56. The average Bonchev–Trinajstić information content (AvgIpc) is 3.05. The van der Waals surface area contributed by atoms with Gasteiger partial charge < -0.3 is 19.8 Å². The van der Waals surface area contributed by atoms with E-state index in [1.807, 2.05) is 36.4 Å². The van der Waals surface area contributed by atoms with E-state index in [-0.39, 0.29) is 18.4 Å². The molecule has 2 amide bonds. The molecule has 0 radical (unpaired) electrons. The minimum atomic E-state index is -0.266. The highest BCUT2D eigenvalue weighted by Gasteiger charge is 2.09. The number of rotatable bonds is 5. The maximum Gasteiger partial charge on any atom is 0.262 e. The topological polar surface area (TPSA) is 80.6 Å². The molecule has 1 aromatic heterocycles. The number of carbonyl (C=O) groups is 2. The van der Waals surface area contributed by atoms with Crippen molar-refractivity contribution in [2.24, 2.45) is 0 Å². The molecule has 0 saturated heterocycles. The third-order valence-electron chi connectivity index (χ3n) is 4.21. The molecule has 6 nitrogen and oxygen atoms in total. The van der Waals surface area contributed by atoms with Crippen LogP contribution in [0.1, 0.15) is 6.92 Å². The van der Waals surface area contributed by atoms with Gasteiger partial charge in [-0.3, -0.25) is 9.59 Å². The van der Waals surface area contributed by atoms with Crippen molar-refractivity contribution in [2.75, 3.05) is 17.2 Å². The number of fused-ring (bicyclic) bond motifs is 3. The van der Waals surface area contributed by atoms with Crippen LogP contribution in [-0.4, -0.2) is 18.4 Å². The first-order valence-electron chi connectivity index (χ1n) is 8.80. The first kappa shape index (κ1) is 17.6. The second-order valence-electron chi connectivity index (χ2n) is 6.35. The van der Waals surface area contributed by atoms with Crippen LogP contribution in [0, 0.1) is 0 Å². The Bertz CT molecular complexity index is 1160. The lowest BCUT2D eigenvalue weighted by atomic mass is 10.1. The van der Waals surface area contributed by atoms with Crippen LogP contribution in [0.4, 0.5) is 11.4 Å². The summed E-state index contributed by atoms with van der Waals surface area (Å²) < 4.78 is 11.3. The zero-order valence-corrected chi connectivity index (χ0v) is 15.2. The second-order valence-corrected chi connectivity index (χ2v) is 6.35. The van der Waals surface area contributed by atoms with Crippen LogP contribution in [0.3, 0.4) is 0 Å². The SMILES string of the molecule is CC(=O)Nc1ccc(OCC(=O)Nc2ccc3oc4ccccc4c3c2)cc1. The van der Waals surface area contributed by atoms with Crippen LogP contribution in [0.25, 0.3) is 21.9 Å². The molecule has 28 heavy (non-hydrogen) atoms. The fourth-order valence-corrected chi connectivity index (χ4v) is 2.99. The maximum atomic E-state index is 12.2. The molecule has 0 bridgehead atoms. The van der Waals surface area contributed by atoms with Crippen LogP contribution < -0.4 is 15.4 Å². The largest absolute Gasteiger partial charge is 0.484 e. The Morgan fingerprint density at radius 3 is 2.36 bits per heavy atom. The quantitative estimate of drug-likeness (QED) is 0.536. The fraction of sp³-hybridized carbons (Fsp3) is 0.0909. The molecular weight excluding hydrogens is 356 g/mol. The third kappa shape index (κ3) is 3.81. The number of ether oxygens (including phenoxy) is 1. The van der Waals surface area contributed by atoms with E-state index in [1.165, 1.54) is 6.92 Å². The van der Waals surface area contributed by atoms with Crippen LogP contribution in [0.5, 0.6) is 5.75 Å². The molecule has 6 heteroatoms. The summed E-state index contributed by atoms with van der Waals surface area (Å²) in [7, 11) is 0. The Kier molecular flexibility index (Phi) is 4.68. The summed E-state index contributed by atoms with van der Waals surface area (Å²) in [6.45, 7) is 1.32. The summed E-state index contributed by atoms with van der Waals surface area (Å²) in [5.74, 6) is 0.133. The molecular formula is C22H18N2O4. The van der Waals surface area contributed by atoms with Crippen LogP contribution in [-0.2, 0) is 9.59 Å². The molecule has 0 aliphatic carbocycles. The highest BCUT2D eigenvalue weighted by Crippen LogP contribution is 2.30. The predicted molar refractivity (Wildman–Crippen MR) is 109 cm³/mol. The first-order valence-corrected chi connectivity index (χ1v) is 8.80. The lowest BCUT2D eigenvalue weighted by molar-refractivity contribution is -0.118. The van der Waals surface area contributed by atoms with Gasteiger partial charge in [0.15, 0.2) is 6.61 Å². The molecule has 3 aromatic carbocycles. The van der Waals surface area contributed by atoms with Crippen molar-refractivity contribution in [1.29, 1.82) is 0 Å². The molecule has 0 fully saturated rings. The van der Waals surface area contributed by atoms with Gasteiger partial charge in [-0.2, -0.15) is 0 Å². The molecule has 0 saturated carbocycles. The number of amides is 2. The van der Waals surface area contributed by atoms with E-state index in [9.17, 15) is 9.59 Å². The number of hydrogen-bond donors (Lipinski definition) is 2. The summed E-state index contributed by atoms with van der Waals surface area (Å²) >= 11 is 0. The van der Waals surface area contributed by atoms with E-state index in [0.29, 0.717) is 17.1 Å². The van der Waals surface area contributed by atoms with Gasteiger partial charge in [0.1, 0.15) is 16.9 Å². The molecule has 4 rings (SSSR count). The van der Waals surface area contributed by atoms with Gasteiger partial charge in [0.05, 0.1) is 0 Å². The molecule has 0 aliphatic rings. The van der Waals surface area contributed by atoms with E-state index in [2.05, 4.69) is 10.6 Å². The van der Waals surface area contributed by atoms with Gasteiger partial charge in [-0.05, 0) is 48.5 Å². The Balaban J connectivity index is 1.40. The molecule has 1 heterocycles. The zero-order valence-electron chi connectivity index (χ0n) is 15.2. The number of hydrogen-bond acceptors (Lipinski definition) is 4. The van der Waals surface area contributed by atoms with Gasteiger partial charge in [0.25, 0.3) is 5.91 Å². The Labute approximate surface area is 161 Å². The van der Waals surface area contributed by atoms with Gasteiger partial charge in [-0.1, -0.05) is 18.2 Å². The molecule has 4 aromatic rings. The first-order chi connectivity index (χ1) is 13.6. The van der Waals surface area contributed by atoms with Gasteiger partial charge >= 0.3 is 0 Å². The van der Waals surface area contributed by atoms with Crippen molar-refractivity contribution in [3.8, 4) is 5.75 Å². The molecule has 2 N–H and O–H groups in total. The Morgan fingerprint density at radius 2 is 1.57 bits per heavy atom. The smallest absolute Gasteiger partial charge is 0.262 e. The van der Waals surface area contributed by atoms with Crippen molar-refractivity contribution in [3.63, 3.8) is 0 Å². The summed E-state index contributed by atoms with van der Waals surface area (Å²) in [5, 5.41) is 7.46. The van der Waals surface area contributed by atoms with Crippen molar-refractivity contribution < 1.29 is 18.7 Å². The second kappa shape index (κ2) is 7.44. The molecule has 0 unspecified atom stereocenters. The highest BCUT2D eigenvalue weighted by atomic mass is 16.5. The van der Waals surface area contributed by atoms with Gasteiger partial charge in [0, 0.05) is 29.1 Å². The molecule has 140 valence electrons. The van der Waals surface area contributed by atoms with Crippen LogP contribution in [0.2, 0.25) is 0 Å². The minimum Gasteiger partial charge on any atom is -0.484 e.